The third-order valence-electron chi connectivity index (χ3n) is 5.40. The summed E-state index contributed by atoms with van der Waals surface area (Å²) in [6.07, 6.45) is 4.68. The molecule has 0 aliphatic carbocycles. The van der Waals surface area contributed by atoms with Crippen LogP contribution < -0.4 is 4.74 Å². The molecule has 0 unspecified atom stereocenters. The molecule has 3 heterocycles. The molecule has 2 aromatic heterocycles. The first-order chi connectivity index (χ1) is 15.2. The summed E-state index contributed by atoms with van der Waals surface area (Å²) in [5.41, 5.74) is 4.21. The van der Waals surface area contributed by atoms with E-state index in [2.05, 4.69) is 27.0 Å². The molecule has 7 heteroatoms. The topological polar surface area (TPSA) is 67.5 Å². The SMILES string of the molecule is COc1cc(F)ccc1-c1ccnc2[nH]c(C3=CCN(CC(=O)OC(C)(C)C)CC3)cc12. The Morgan fingerprint density at radius 2 is 2.03 bits per heavy atom. The van der Waals surface area contributed by atoms with Gasteiger partial charge in [0.2, 0.25) is 0 Å². The molecular formula is C25H28FN3O3. The molecule has 168 valence electrons. The number of H-pyrrole nitrogens is 1. The Hall–Kier alpha value is -3.19. The van der Waals surface area contributed by atoms with E-state index in [4.69, 9.17) is 9.47 Å². The van der Waals surface area contributed by atoms with Crippen LogP contribution >= 0.6 is 0 Å². The number of ether oxygens (including phenoxy) is 2. The lowest BCUT2D eigenvalue weighted by Gasteiger charge is -2.27. The predicted molar refractivity (Wildman–Crippen MR) is 123 cm³/mol. The molecule has 0 amide bonds. The highest BCUT2D eigenvalue weighted by molar-refractivity contribution is 5.96. The molecule has 1 aliphatic rings. The van der Waals surface area contributed by atoms with Gasteiger partial charge in [-0.25, -0.2) is 9.37 Å². The minimum absolute atomic E-state index is 0.206. The molecule has 0 saturated heterocycles. The largest absolute Gasteiger partial charge is 0.496 e. The average Bonchev–Trinajstić information content (AvgIpc) is 3.17. The van der Waals surface area contributed by atoms with Gasteiger partial charge in [0, 0.05) is 42.0 Å². The lowest BCUT2D eigenvalue weighted by atomic mass is 10.0. The highest BCUT2D eigenvalue weighted by Crippen LogP contribution is 2.36. The van der Waals surface area contributed by atoms with Gasteiger partial charge < -0.3 is 14.5 Å². The molecule has 4 rings (SSSR count). The smallest absolute Gasteiger partial charge is 0.320 e. The van der Waals surface area contributed by atoms with Gasteiger partial charge >= 0.3 is 5.97 Å². The number of carbonyl (C=O) groups excluding carboxylic acids is 1. The number of carbonyl (C=O) groups is 1. The number of hydrogen-bond donors (Lipinski definition) is 1. The summed E-state index contributed by atoms with van der Waals surface area (Å²) < 4.78 is 24.5. The third kappa shape index (κ3) is 4.83. The van der Waals surface area contributed by atoms with Gasteiger partial charge in [-0.2, -0.15) is 0 Å². The third-order valence-corrected chi connectivity index (χ3v) is 5.40. The van der Waals surface area contributed by atoms with Crippen LogP contribution in [0.5, 0.6) is 5.75 Å². The molecule has 32 heavy (non-hydrogen) atoms. The van der Waals surface area contributed by atoms with Crippen LogP contribution in [-0.2, 0) is 9.53 Å². The Labute approximate surface area is 187 Å². The van der Waals surface area contributed by atoms with Crippen LogP contribution in [0.25, 0.3) is 27.7 Å². The number of nitrogens with zero attached hydrogens (tertiary/aromatic N) is 2. The van der Waals surface area contributed by atoms with Gasteiger partial charge in [-0.05, 0) is 62.6 Å². The normalized spacial score (nSPS) is 15.0. The maximum absolute atomic E-state index is 13.7. The second kappa shape index (κ2) is 8.74. The second-order valence-corrected chi connectivity index (χ2v) is 8.95. The molecular weight excluding hydrogens is 409 g/mol. The van der Waals surface area contributed by atoms with Crippen molar-refractivity contribution >= 4 is 22.6 Å². The first-order valence-corrected chi connectivity index (χ1v) is 10.7. The first kappa shape index (κ1) is 22.0. The molecule has 0 saturated carbocycles. The number of aromatic nitrogens is 2. The number of aromatic amines is 1. The minimum Gasteiger partial charge on any atom is -0.496 e. The summed E-state index contributed by atoms with van der Waals surface area (Å²) >= 11 is 0. The Bertz CT molecular complexity index is 1180. The number of halogens is 1. The highest BCUT2D eigenvalue weighted by atomic mass is 19.1. The van der Waals surface area contributed by atoms with E-state index in [1.807, 2.05) is 26.8 Å². The lowest BCUT2D eigenvalue weighted by Crippen LogP contribution is -2.37. The van der Waals surface area contributed by atoms with Crippen LogP contribution in [-0.4, -0.2) is 53.2 Å². The molecule has 1 N–H and O–H groups in total. The zero-order valence-corrected chi connectivity index (χ0v) is 18.9. The average molecular weight is 438 g/mol. The van der Waals surface area contributed by atoms with Crippen LogP contribution in [0, 0.1) is 5.82 Å². The molecule has 1 aliphatic heterocycles. The number of nitrogens with one attached hydrogen (secondary N) is 1. The van der Waals surface area contributed by atoms with Gasteiger partial charge in [0.15, 0.2) is 0 Å². The van der Waals surface area contributed by atoms with E-state index in [-0.39, 0.29) is 18.3 Å². The molecule has 0 radical (unpaired) electrons. The zero-order valence-electron chi connectivity index (χ0n) is 18.9. The van der Waals surface area contributed by atoms with Gasteiger partial charge in [-0.1, -0.05) is 6.08 Å². The summed E-state index contributed by atoms with van der Waals surface area (Å²) in [5, 5.41) is 0.949. The number of pyridine rings is 1. The van der Waals surface area contributed by atoms with Crippen molar-refractivity contribution in [1.29, 1.82) is 0 Å². The van der Waals surface area contributed by atoms with Crippen LogP contribution in [0.1, 0.15) is 32.9 Å². The van der Waals surface area contributed by atoms with Crippen molar-refractivity contribution in [2.45, 2.75) is 32.8 Å². The molecule has 3 aromatic rings. The summed E-state index contributed by atoms with van der Waals surface area (Å²) in [6.45, 7) is 7.35. The summed E-state index contributed by atoms with van der Waals surface area (Å²) in [7, 11) is 1.54. The van der Waals surface area contributed by atoms with Crippen molar-refractivity contribution < 1.29 is 18.7 Å². The molecule has 0 atom stereocenters. The monoisotopic (exact) mass is 437 g/mol. The second-order valence-electron chi connectivity index (χ2n) is 8.95. The summed E-state index contributed by atoms with van der Waals surface area (Å²) in [6, 6.07) is 8.53. The van der Waals surface area contributed by atoms with Crippen LogP contribution in [0.3, 0.4) is 0 Å². The van der Waals surface area contributed by atoms with Crippen molar-refractivity contribution in [2.24, 2.45) is 0 Å². The Morgan fingerprint density at radius 1 is 1.22 bits per heavy atom. The van der Waals surface area contributed by atoms with Gasteiger partial charge in [0.1, 0.15) is 22.8 Å². The number of methoxy groups -OCH3 is 1. The molecule has 0 fully saturated rings. The number of hydrogen-bond acceptors (Lipinski definition) is 5. The van der Waals surface area contributed by atoms with Crippen molar-refractivity contribution in [3.05, 3.63) is 54.1 Å². The zero-order chi connectivity index (χ0) is 22.9. The van der Waals surface area contributed by atoms with Crippen molar-refractivity contribution in [3.8, 4) is 16.9 Å². The van der Waals surface area contributed by atoms with Gasteiger partial charge in [-0.3, -0.25) is 9.69 Å². The van der Waals surface area contributed by atoms with Gasteiger partial charge in [0.25, 0.3) is 0 Å². The van der Waals surface area contributed by atoms with Crippen LogP contribution in [0.15, 0.2) is 42.6 Å². The standard InChI is InChI=1S/C25H28FN3O3/c1-25(2,3)32-23(30)15-29-11-8-16(9-12-29)21-14-20-18(7-10-27-24(20)28-21)19-6-5-17(26)13-22(19)31-4/h5-8,10,13-14H,9,11-12,15H2,1-4H3,(H,27,28). The quantitative estimate of drug-likeness (QED) is 0.581. The number of benzene rings is 1. The van der Waals surface area contributed by atoms with E-state index >= 15 is 0 Å². The lowest BCUT2D eigenvalue weighted by molar-refractivity contribution is -0.156. The maximum Gasteiger partial charge on any atom is 0.320 e. The summed E-state index contributed by atoms with van der Waals surface area (Å²) in [5.74, 6) is -0.0640. The fourth-order valence-corrected chi connectivity index (χ4v) is 3.98. The Kier molecular flexibility index (Phi) is 6.02. The molecule has 1 aromatic carbocycles. The number of esters is 1. The van der Waals surface area contributed by atoms with E-state index in [0.29, 0.717) is 12.3 Å². The van der Waals surface area contributed by atoms with E-state index in [1.54, 1.807) is 12.3 Å². The maximum atomic E-state index is 13.7. The van der Waals surface area contributed by atoms with E-state index < -0.39 is 5.60 Å². The minimum atomic E-state index is -0.476. The first-order valence-electron chi connectivity index (χ1n) is 10.7. The van der Waals surface area contributed by atoms with Crippen LogP contribution in [0.4, 0.5) is 4.39 Å². The van der Waals surface area contributed by atoms with Crippen molar-refractivity contribution in [2.75, 3.05) is 26.7 Å². The van der Waals surface area contributed by atoms with Gasteiger partial charge in [-0.15, -0.1) is 0 Å². The number of rotatable bonds is 5. The molecule has 0 spiro atoms. The Balaban J connectivity index is 1.56. The predicted octanol–water partition coefficient (Wildman–Crippen LogP) is 4.81. The van der Waals surface area contributed by atoms with E-state index in [0.717, 1.165) is 40.8 Å². The Morgan fingerprint density at radius 3 is 2.72 bits per heavy atom. The number of fused-ring (bicyclic) bond motifs is 1. The fourth-order valence-electron chi connectivity index (χ4n) is 3.98. The molecule has 6 nitrogen and oxygen atoms in total. The highest BCUT2D eigenvalue weighted by Gasteiger charge is 2.22. The van der Waals surface area contributed by atoms with E-state index in [1.165, 1.54) is 24.8 Å². The van der Waals surface area contributed by atoms with Gasteiger partial charge in [0.05, 0.1) is 13.7 Å². The van der Waals surface area contributed by atoms with Crippen LogP contribution in [0.2, 0.25) is 0 Å². The summed E-state index contributed by atoms with van der Waals surface area (Å²) in [4.78, 5) is 22.1. The van der Waals surface area contributed by atoms with Crippen molar-refractivity contribution in [3.63, 3.8) is 0 Å². The van der Waals surface area contributed by atoms with E-state index in [9.17, 15) is 9.18 Å². The molecule has 0 bridgehead atoms. The fraction of sp³-hybridized carbons (Fsp3) is 0.360. The van der Waals surface area contributed by atoms with Crippen molar-refractivity contribution in [1.82, 2.24) is 14.9 Å².